The molecule has 3 aromatic rings. The Bertz CT molecular complexity index is 1280. The molecule has 2 aromatic carbocycles. The van der Waals surface area contributed by atoms with Crippen molar-refractivity contribution in [1.29, 1.82) is 0 Å². The second-order valence-corrected chi connectivity index (χ2v) is 9.89. The van der Waals surface area contributed by atoms with Gasteiger partial charge in [0.2, 0.25) is 17.8 Å². The van der Waals surface area contributed by atoms with Crippen LogP contribution in [0.3, 0.4) is 0 Å². The van der Waals surface area contributed by atoms with E-state index in [2.05, 4.69) is 30.3 Å². The summed E-state index contributed by atoms with van der Waals surface area (Å²) in [5, 5.41) is 4.38. The molecule has 0 aliphatic carbocycles. The highest BCUT2D eigenvalue weighted by Crippen LogP contribution is 2.29. The third-order valence-electron chi connectivity index (χ3n) is 6.91. The van der Waals surface area contributed by atoms with Gasteiger partial charge in [0.25, 0.3) is 0 Å². The van der Waals surface area contributed by atoms with Crippen LogP contribution in [0.5, 0.6) is 11.5 Å². The number of carbonyl (C=O) groups is 1. The van der Waals surface area contributed by atoms with Gasteiger partial charge >= 0.3 is 5.97 Å². The van der Waals surface area contributed by atoms with Crippen LogP contribution in [0.2, 0.25) is 0 Å². The number of ether oxygens (including phenoxy) is 2. The molecule has 0 bridgehead atoms. The summed E-state index contributed by atoms with van der Waals surface area (Å²) < 4.78 is 11.1. The third-order valence-corrected chi connectivity index (χ3v) is 6.91. The molecule has 2 fully saturated rings. The first-order valence-corrected chi connectivity index (χ1v) is 13.6. The number of anilines is 3. The van der Waals surface area contributed by atoms with Crippen molar-refractivity contribution in [1.82, 2.24) is 15.0 Å². The van der Waals surface area contributed by atoms with Crippen LogP contribution in [0.4, 0.5) is 17.8 Å². The van der Waals surface area contributed by atoms with E-state index in [1.54, 1.807) is 36.5 Å². The Labute approximate surface area is 229 Å². The van der Waals surface area contributed by atoms with Crippen molar-refractivity contribution in [3.05, 3.63) is 59.2 Å². The minimum Gasteiger partial charge on any atom is -0.493 e. The van der Waals surface area contributed by atoms with Gasteiger partial charge in [0.05, 0.1) is 18.9 Å². The maximum absolute atomic E-state index is 12.6. The van der Waals surface area contributed by atoms with Gasteiger partial charge in [0.15, 0.2) is 11.5 Å². The number of aromatic nitrogens is 3. The Balaban J connectivity index is 1.30. The number of esters is 1. The molecule has 1 N–H and O–H groups in total. The van der Waals surface area contributed by atoms with Gasteiger partial charge in [-0.15, -0.1) is 0 Å². The molecule has 10 nitrogen and oxygen atoms in total. The molecule has 0 amide bonds. The van der Waals surface area contributed by atoms with Gasteiger partial charge < -0.3 is 19.3 Å². The smallest absolute Gasteiger partial charge is 0.343 e. The van der Waals surface area contributed by atoms with E-state index in [0.717, 1.165) is 63.0 Å². The molecule has 2 aliphatic heterocycles. The number of nitrogens with zero attached hydrogens (tertiary/aromatic N) is 6. The number of hydrazone groups is 1. The van der Waals surface area contributed by atoms with Crippen molar-refractivity contribution in [2.24, 2.45) is 5.10 Å². The highest BCUT2D eigenvalue weighted by Gasteiger charge is 2.20. The van der Waals surface area contributed by atoms with Crippen LogP contribution in [-0.2, 0) is 0 Å². The molecule has 0 unspecified atom stereocenters. The van der Waals surface area contributed by atoms with Crippen LogP contribution in [0.25, 0.3) is 0 Å². The zero-order valence-corrected chi connectivity index (χ0v) is 22.6. The molecule has 39 heavy (non-hydrogen) atoms. The fourth-order valence-electron chi connectivity index (χ4n) is 4.82. The second kappa shape index (κ2) is 12.6. The normalized spacial score (nSPS) is 15.8. The van der Waals surface area contributed by atoms with E-state index in [1.165, 1.54) is 20.0 Å². The van der Waals surface area contributed by atoms with E-state index >= 15 is 0 Å². The molecule has 204 valence electrons. The summed E-state index contributed by atoms with van der Waals surface area (Å²) in [6, 6.07) is 12.5. The van der Waals surface area contributed by atoms with E-state index < -0.39 is 5.97 Å². The minimum atomic E-state index is -0.441. The Hall–Kier alpha value is -4.21. The second-order valence-electron chi connectivity index (χ2n) is 9.89. The Morgan fingerprint density at radius 3 is 2.15 bits per heavy atom. The lowest BCUT2D eigenvalue weighted by molar-refractivity contribution is 0.0729. The van der Waals surface area contributed by atoms with Crippen LogP contribution in [-0.4, -0.2) is 60.4 Å². The van der Waals surface area contributed by atoms with Gasteiger partial charge in [0, 0.05) is 26.2 Å². The predicted molar refractivity (Wildman–Crippen MR) is 152 cm³/mol. The number of hydrogen-bond acceptors (Lipinski definition) is 10. The van der Waals surface area contributed by atoms with Crippen molar-refractivity contribution in [3.63, 3.8) is 0 Å². The number of benzene rings is 2. The first kappa shape index (κ1) is 26.4. The van der Waals surface area contributed by atoms with Gasteiger partial charge in [0.1, 0.15) is 0 Å². The Morgan fingerprint density at radius 2 is 1.54 bits per heavy atom. The minimum absolute atomic E-state index is 0.337. The lowest BCUT2D eigenvalue weighted by Gasteiger charge is -2.30. The molecule has 0 spiro atoms. The number of carbonyl (C=O) groups excluding carboxylic acids is 1. The number of piperidine rings is 2. The number of nitrogens with one attached hydrogen (secondary N) is 1. The highest BCUT2D eigenvalue weighted by atomic mass is 16.6. The fourth-order valence-corrected chi connectivity index (χ4v) is 4.82. The van der Waals surface area contributed by atoms with Crippen molar-refractivity contribution < 1.29 is 14.3 Å². The quantitative estimate of drug-likeness (QED) is 0.190. The SMILES string of the molecule is COc1cc(/C=N\Nc2nc(N3CCCCC3)nc(N3CCCCC3)n2)ccc1OC(=O)c1cccc(C)c1. The summed E-state index contributed by atoms with van der Waals surface area (Å²) in [4.78, 5) is 31.2. The van der Waals surface area contributed by atoms with Gasteiger partial charge in [-0.05, 0) is 81.3 Å². The molecule has 0 atom stereocenters. The molecular weight excluding hydrogens is 494 g/mol. The topological polar surface area (TPSA) is 105 Å². The van der Waals surface area contributed by atoms with Gasteiger partial charge in [-0.3, -0.25) is 0 Å². The third kappa shape index (κ3) is 6.81. The number of methoxy groups -OCH3 is 1. The monoisotopic (exact) mass is 529 g/mol. The van der Waals surface area contributed by atoms with E-state index in [1.807, 2.05) is 19.1 Å². The number of rotatable bonds is 8. The van der Waals surface area contributed by atoms with Crippen LogP contribution in [0.15, 0.2) is 47.6 Å². The molecule has 1 aromatic heterocycles. The van der Waals surface area contributed by atoms with E-state index in [4.69, 9.17) is 14.5 Å². The summed E-state index contributed by atoms with van der Waals surface area (Å²) in [6.07, 6.45) is 8.70. The van der Waals surface area contributed by atoms with E-state index in [0.29, 0.717) is 34.9 Å². The van der Waals surface area contributed by atoms with Gasteiger partial charge in [-0.2, -0.15) is 20.1 Å². The standard InChI is InChI=1S/C29H35N7O3/c1-21-10-9-11-23(18-21)26(37)39-24-13-12-22(19-25(24)38-2)20-30-34-27-31-28(35-14-5-3-6-15-35)33-29(32-27)36-16-7-4-8-17-36/h9-13,18-20H,3-8,14-17H2,1-2H3,(H,31,32,33,34)/b30-20-. The number of aryl methyl sites for hydroxylation is 1. The maximum Gasteiger partial charge on any atom is 0.343 e. The highest BCUT2D eigenvalue weighted by molar-refractivity contribution is 5.91. The molecule has 0 radical (unpaired) electrons. The molecular formula is C29H35N7O3. The van der Waals surface area contributed by atoms with Crippen molar-refractivity contribution in [2.75, 3.05) is 48.5 Å². The average Bonchev–Trinajstić information content (AvgIpc) is 2.98. The van der Waals surface area contributed by atoms with Crippen LogP contribution < -0.4 is 24.7 Å². The fraction of sp³-hybridized carbons (Fsp3) is 0.414. The van der Waals surface area contributed by atoms with Crippen LogP contribution in [0.1, 0.15) is 60.0 Å². The summed E-state index contributed by atoms with van der Waals surface area (Å²) in [5.41, 5.74) is 5.22. The zero-order chi connectivity index (χ0) is 27.0. The Morgan fingerprint density at radius 1 is 0.872 bits per heavy atom. The van der Waals surface area contributed by atoms with E-state index in [-0.39, 0.29) is 0 Å². The lowest BCUT2D eigenvalue weighted by atomic mass is 10.1. The summed E-state index contributed by atoms with van der Waals surface area (Å²) in [6.45, 7) is 5.73. The van der Waals surface area contributed by atoms with Gasteiger partial charge in [-0.1, -0.05) is 17.7 Å². The molecule has 3 heterocycles. The predicted octanol–water partition coefficient (Wildman–Crippen LogP) is 4.83. The van der Waals surface area contributed by atoms with Crippen LogP contribution >= 0.6 is 0 Å². The molecule has 0 saturated carbocycles. The van der Waals surface area contributed by atoms with Crippen molar-refractivity contribution >= 4 is 30.0 Å². The maximum atomic E-state index is 12.6. The molecule has 10 heteroatoms. The summed E-state index contributed by atoms with van der Waals surface area (Å²) in [5.74, 6) is 2.14. The van der Waals surface area contributed by atoms with E-state index in [9.17, 15) is 4.79 Å². The molecule has 2 saturated heterocycles. The van der Waals surface area contributed by atoms with Crippen molar-refractivity contribution in [3.8, 4) is 11.5 Å². The first-order chi connectivity index (χ1) is 19.1. The summed E-state index contributed by atoms with van der Waals surface area (Å²) >= 11 is 0. The molecule has 2 aliphatic rings. The van der Waals surface area contributed by atoms with Gasteiger partial charge in [-0.25, -0.2) is 10.2 Å². The molecule has 5 rings (SSSR count). The average molecular weight is 530 g/mol. The largest absolute Gasteiger partial charge is 0.493 e. The first-order valence-electron chi connectivity index (χ1n) is 13.6. The summed E-state index contributed by atoms with van der Waals surface area (Å²) in [7, 11) is 1.54. The van der Waals surface area contributed by atoms with Crippen molar-refractivity contribution in [2.45, 2.75) is 45.4 Å². The zero-order valence-electron chi connectivity index (χ0n) is 22.6. The number of hydrogen-bond donors (Lipinski definition) is 1. The lowest BCUT2D eigenvalue weighted by Crippen LogP contribution is -2.34. The Kier molecular flexibility index (Phi) is 8.50. The van der Waals surface area contributed by atoms with Crippen LogP contribution in [0, 0.1) is 6.92 Å².